The van der Waals surface area contributed by atoms with Crippen molar-refractivity contribution in [3.8, 4) is 0 Å². The smallest absolute Gasteiger partial charge is 0.272 e. The van der Waals surface area contributed by atoms with Crippen LogP contribution in [0.15, 0.2) is 0 Å². The van der Waals surface area contributed by atoms with E-state index in [0.29, 0.717) is 52.9 Å². The first-order valence-electron chi connectivity index (χ1n) is 10.9. The van der Waals surface area contributed by atoms with Crippen molar-refractivity contribution in [2.45, 2.75) is 42.6 Å². The Balaban J connectivity index is 1.40. The second-order valence-electron chi connectivity index (χ2n) is 7.84. The quantitative estimate of drug-likeness (QED) is 0.274. The van der Waals surface area contributed by atoms with Crippen molar-refractivity contribution in [1.29, 1.82) is 0 Å². The first-order chi connectivity index (χ1) is 15.3. The molecule has 0 spiro atoms. The van der Waals surface area contributed by atoms with Gasteiger partial charge in [0.1, 0.15) is 36.1 Å². The Morgan fingerprint density at radius 2 is 1.42 bits per heavy atom. The van der Waals surface area contributed by atoms with Crippen LogP contribution in [-0.2, 0) is 47.4 Å². The first-order valence-corrected chi connectivity index (χ1v) is 10.9. The molecule has 0 radical (unpaired) electrons. The van der Waals surface area contributed by atoms with Crippen LogP contribution in [0.5, 0.6) is 0 Å². The summed E-state index contributed by atoms with van der Waals surface area (Å²) in [6.45, 7) is 3.03. The number of aliphatic hydroxyl groups is 1. The highest BCUT2D eigenvalue weighted by Gasteiger charge is 2.83. The summed E-state index contributed by atoms with van der Waals surface area (Å²) in [5.74, 6) is -0.0849. The molecule has 6 unspecified atom stereocenters. The summed E-state index contributed by atoms with van der Waals surface area (Å²) in [5, 5.41) is 9.23. The van der Waals surface area contributed by atoms with Crippen molar-refractivity contribution in [2.75, 3.05) is 80.3 Å². The molecule has 0 amide bonds. The molecule has 0 aromatic heterocycles. The van der Waals surface area contributed by atoms with Gasteiger partial charge in [0.15, 0.2) is 0 Å². The molecule has 180 valence electrons. The van der Waals surface area contributed by atoms with Crippen LogP contribution in [0.1, 0.15) is 0 Å². The SMILES string of the molecule is COCCOCCOC1[C@H]2OC3OC4C2C1(OCCOCCOC)C(O3)[C@@H]4OCCO. The van der Waals surface area contributed by atoms with Crippen molar-refractivity contribution in [2.24, 2.45) is 5.92 Å². The van der Waals surface area contributed by atoms with Crippen molar-refractivity contribution >= 4 is 0 Å². The summed E-state index contributed by atoms with van der Waals surface area (Å²) < 4.78 is 57.5. The molecule has 2 aliphatic carbocycles. The summed E-state index contributed by atoms with van der Waals surface area (Å²) in [7, 11) is 3.27. The lowest BCUT2D eigenvalue weighted by Crippen LogP contribution is -2.75. The molecule has 0 aromatic rings. The summed E-state index contributed by atoms with van der Waals surface area (Å²) in [6.07, 6.45) is -1.58. The lowest BCUT2D eigenvalue weighted by Gasteiger charge is -2.57. The van der Waals surface area contributed by atoms with Crippen LogP contribution in [0.4, 0.5) is 0 Å². The standard InChI is InChI=1S/C20H34O11/c1-22-5-7-24-9-11-27-17-15-13-14-16(26-4-3-21)18(31-19(29-14)30-15)20(13,17)28-12-10-25-8-6-23-2/h13-19,21H,3-12H2,1-2H3/t13?,14?,15-,16+,17?,18?,19?,20?/m0/s1. The van der Waals surface area contributed by atoms with E-state index in [1.54, 1.807) is 14.2 Å². The van der Waals surface area contributed by atoms with E-state index in [9.17, 15) is 5.11 Å². The van der Waals surface area contributed by atoms with E-state index in [1.807, 2.05) is 0 Å². The second kappa shape index (κ2) is 11.1. The maximum atomic E-state index is 9.23. The largest absolute Gasteiger partial charge is 0.394 e. The van der Waals surface area contributed by atoms with Crippen LogP contribution in [0.25, 0.3) is 0 Å². The number of hydrogen-bond donors (Lipinski definition) is 1. The van der Waals surface area contributed by atoms with Crippen molar-refractivity contribution in [3.05, 3.63) is 0 Å². The van der Waals surface area contributed by atoms with Gasteiger partial charge in [-0.1, -0.05) is 0 Å². The number of methoxy groups -OCH3 is 2. The van der Waals surface area contributed by atoms with Gasteiger partial charge in [-0.15, -0.1) is 0 Å². The van der Waals surface area contributed by atoms with Gasteiger partial charge in [-0.25, -0.2) is 0 Å². The molecule has 0 aromatic carbocycles. The van der Waals surface area contributed by atoms with Gasteiger partial charge in [-0.05, 0) is 0 Å². The molecular weight excluding hydrogens is 416 g/mol. The molecule has 11 nitrogen and oxygen atoms in total. The summed E-state index contributed by atoms with van der Waals surface area (Å²) in [6, 6.07) is 0. The Hall–Kier alpha value is -0.440. The molecule has 4 rings (SSSR count). The van der Waals surface area contributed by atoms with Crippen molar-refractivity contribution in [3.63, 3.8) is 0 Å². The van der Waals surface area contributed by atoms with E-state index in [-0.39, 0.29) is 43.5 Å². The van der Waals surface area contributed by atoms with Crippen LogP contribution >= 0.6 is 0 Å². The predicted octanol–water partition coefficient (Wildman–Crippen LogP) is -1.06. The van der Waals surface area contributed by atoms with Gasteiger partial charge in [0.05, 0.1) is 72.0 Å². The fraction of sp³-hybridized carbons (Fsp3) is 1.00. The molecule has 1 N–H and O–H groups in total. The first kappa shape index (κ1) is 23.7. The Morgan fingerprint density at radius 3 is 2.13 bits per heavy atom. The summed E-state index contributed by atoms with van der Waals surface area (Å²) in [4.78, 5) is 0. The second-order valence-corrected chi connectivity index (χ2v) is 7.84. The van der Waals surface area contributed by atoms with Crippen LogP contribution in [0.3, 0.4) is 0 Å². The average Bonchev–Trinajstić information content (AvgIpc) is 2.88. The molecule has 4 aliphatic rings. The Morgan fingerprint density at radius 1 is 0.742 bits per heavy atom. The Labute approximate surface area is 182 Å². The van der Waals surface area contributed by atoms with E-state index >= 15 is 0 Å². The topological polar surface area (TPSA) is 113 Å². The molecule has 2 aliphatic heterocycles. The van der Waals surface area contributed by atoms with Gasteiger partial charge >= 0.3 is 0 Å². The number of hydrogen-bond acceptors (Lipinski definition) is 11. The lowest BCUT2D eigenvalue weighted by molar-refractivity contribution is -0.411. The van der Waals surface area contributed by atoms with Gasteiger partial charge < -0.3 is 52.5 Å². The molecule has 2 saturated carbocycles. The van der Waals surface area contributed by atoms with Gasteiger partial charge in [0, 0.05) is 14.2 Å². The molecule has 2 saturated heterocycles. The van der Waals surface area contributed by atoms with E-state index in [4.69, 9.17) is 47.4 Å². The van der Waals surface area contributed by atoms with Gasteiger partial charge in [-0.2, -0.15) is 0 Å². The zero-order chi connectivity index (χ0) is 21.7. The third-order valence-electron chi connectivity index (χ3n) is 6.20. The van der Waals surface area contributed by atoms with Crippen LogP contribution in [0, 0.1) is 5.92 Å². The number of fused-ring (bicyclic) bond motifs is 3. The van der Waals surface area contributed by atoms with Crippen molar-refractivity contribution in [1.82, 2.24) is 0 Å². The predicted molar refractivity (Wildman–Crippen MR) is 103 cm³/mol. The average molecular weight is 450 g/mol. The fourth-order valence-corrected chi connectivity index (χ4v) is 5.03. The minimum absolute atomic E-state index is 0.0795. The zero-order valence-electron chi connectivity index (χ0n) is 18.1. The molecule has 8 atom stereocenters. The van der Waals surface area contributed by atoms with Gasteiger partial charge in [-0.3, -0.25) is 0 Å². The Kier molecular flexibility index (Phi) is 8.51. The highest BCUT2D eigenvalue weighted by Crippen LogP contribution is 2.63. The summed E-state index contributed by atoms with van der Waals surface area (Å²) >= 11 is 0. The normalized spacial score (nSPS) is 39.8. The van der Waals surface area contributed by atoms with Crippen LogP contribution in [-0.4, -0.2) is 128 Å². The third-order valence-corrected chi connectivity index (χ3v) is 6.20. The summed E-state index contributed by atoms with van der Waals surface area (Å²) in [5.41, 5.74) is -0.766. The van der Waals surface area contributed by atoms with Gasteiger partial charge in [0.25, 0.3) is 6.48 Å². The molecule has 4 fully saturated rings. The maximum absolute atomic E-state index is 9.23. The number of rotatable bonds is 17. The van der Waals surface area contributed by atoms with E-state index in [1.165, 1.54) is 0 Å². The van der Waals surface area contributed by atoms with E-state index in [0.717, 1.165) is 0 Å². The highest BCUT2D eigenvalue weighted by molar-refractivity contribution is 5.29. The van der Waals surface area contributed by atoms with Crippen molar-refractivity contribution < 1.29 is 52.5 Å². The minimum atomic E-state index is -0.766. The van der Waals surface area contributed by atoms with Crippen LogP contribution < -0.4 is 0 Å². The highest BCUT2D eigenvalue weighted by atomic mass is 16.9. The number of aliphatic hydroxyl groups excluding tert-OH is 1. The van der Waals surface area contributed by atoms with E-state index in [2.05, 4.69) is 0 Å². The molecule has 2 heterocycles. The lowest BCUT2D eigenvalue weighted by atomic mass is 9.64. The van der Waals surface area contributed by atoms with Gasteiger partial charge in [0.2, 0.25) is 0 Å². The Bertz CT molecular complexity index is 551. The monoisotopic (exact) mass is 450 g/mol. The minimum Gasteiger partial charge on any atom is -0.394 e. The zero-order valence-corrected chi connectivity index (χ0v) is 18.1. The number of ether oxygens (including phenoxy) is 10. The maximum Gasteiger partial charge on any atom is 0.272 e. The van der Waals surface area contributed by atoms with Crippen LogP contribution in [0.2, 0.25) is 0 Å². The molecule has 31 heavy (non-hydrogen) atoms. The molecule has 3 bridgehead atoms. The van der Waals surface area contributed by atoms with E-state index < -0.39 is 18.2 Å². The molecular formula is C20H34O11. The third kappa shape index (κ3) is 4.51. The molecule has 11 heteroatoms. The fourth-order valence-electron chi connectivity index (χ4n) is 5.03.